The number of benzene rings is 2. The van der Waals surface area contributed by atoms with Crippen molar-refractivity contribution in [2.45, 2.75) is 12.8 Å². The summed E-state index contributed by atoms with van der Waals surface area (Å²) in [5.74, 6) is -0.000683. The van der Waals surface area contributed by atoms with Crippen molar-refractivity contribution < 1.29 is 4.79 Å². The summed E-state index contributed by atoms with van der Waals surface area (Å²) in [5.41, 5.74) is 1.92. The summed E-state index contributed by atoms with van der Waals surface area (Å²) in [4.78, 5) is 16.2. The molecular weight excluding hydrogens is 296 g/mol. The van der Waals surface area contributed by atoms with Crippen molar-refractivity contribution in [2.75, 3.05) is 5.32 Å². The maximum absolute atomic E-state index is 12.1. The molecule has 0 aliphatic carbocycles. The van der Waals surface area contributed by atoms with Gasteiger partial charge in [-0.15, -0.1) is 0 Å². The van der Waals surface area contributed by atoms with Gasteiger partial charge >= 0.3 is 0 Å². The molecule has 1 aromatic heterocycles. The van der Waals surface area contributed by atoms with Crippen molar-refractivity contribution in [3.8, 4) is 0 Å². The van der Waals surface area contributed by atoms with Crippen molar-refractivity contribution in [3.63, 3.8) is 0 Å². The molecule has 0 unspecified atom stereocenters. The van der Waals surface area contributed by atoms with E-state index < -0.39 is 0 Å². The quantitative estimate of drug-likeness (QED) is 0.773. The lowest BCUT2D eigenvalue weighted by Gasteiger charge is -2.08. The molecule has 1 amide bonds. The second kappa shape index (κ2) is 6.58. The summed E-state index contributed by atoms with van der Waals surface area (Å²) in [7, 11) is 0. The second-order valence-corrected chi connectivity index (χ2v) is 5.51. The third kappa shape index (κ3) is 3.43. The number of aryl methyl sites for hydroxylation is 1. The average molecular weight is 311 g/mol. The zero-order chi connectivity index (χ0) is 15.4. The van der Waals surface area contributed by atoms with Gasteiger partial charge in [0.15, 0.2) is 0 Å². The Bertz CT molecular complexity index is 794. The number of nitrogens with zero attached hydrogens (tertiary/aromatic N) is 1. The molecule has 0 fully saturated rings. The summed E-state index contributed by atoms with van der Waals surface area (Å²) in [5, 5.41) is 5.69. The van der Waals surface area contributed by atoms with Gasteiger partial charge in [-0.05, 0) is 36.2 Å². The molecule has 0 aliphatic heterocycles. The van der Waals surface area contributed by atoms with Gasteiger partial charge in [-0.1, -0.05) is 35.9 Å². The zero-order valence-corrected chi connectivity index (χ0v) is 12.7. The van der Waals surface area contributed by atoms with Crippen LogP contribution in [0, 0.1) is 0 Å². The molecule has 0 bridgehead atoms. The number of rotatable bonds is 4. The highest BCUT2D eigenvalue weighted by Gasteiger charge is 2.06. The van der Waals surface area contributed by atoms with E-state index >= 15 is 0 Å². The van der Waals surface area contributed by atoms with Gasteiger partial charge in [0, 0.05) is 40.3 Å². The van der Waals surface area contributed by atoms with E-state index in [-0.39, 0.29) is 5.91 Å². The van der Waals surface area contributed by atoms with E-state index in [9.17, 15) is 4.79 Å². The van der Waals surface area contributed by atoms with Crippen molar-refractivity contribution in [1.82, 2.24) is 4.98 Å². The molecule has 1 heterocycles. The first-order chi connectivity index (χ1) is 10.7. The van der Waals surface area contributed by atoms with Crippen LogP contribution in [-0.4, -0.2) is 10.9 Å². The Kier molecular flexibility index (Phi) is 4.35. The molecule has 0 atom stereocenters. The molecular formula is C18H15ClN2O. The van der Waals surface area contributed by atoms with E-state index in [0.717, 1.165) is 22.0 Å². The van der Waals surface area contributed by atoms with Crippen molar-refractivity contribution in [2.24, 2.45) is 0 Å². The molecule has 4 heteroatoms. The fourth-order valence-corrected chi connectivity index (χ4v) is 2.48. The molecule has 3 rings (SSSR count). The van der Waals surface area contributed by atoms with E-state index in [2.05, 4.69) is 10.3 Å². The molecule has 2 aromatic carbocycles. The first-order valence-corrected chi connectivity index (χ1v) is 7.47. The normalized spacial score (nSPS) is 10.6. The predicted octanol–water partition coefficient (Wildman–Crippen LogP) is 4.46. The number of carbonyl (C=O) groups is 1. The topological polar surface area (TPSA) is 42.0 Å². The predicted molar refractivity (Wildman–Crippen MR) is 90.1 cm³/mol. The fraction of sp³-hybridized carbons (Fsp3) is 0.111. The van der Waals surface area contributed by atoms with Gasteiger partial charge in [0.25, 0.3) is 0 Å². The van der Waals surface area contributed by atoms with Gasteiger partial charge in [-0.2, -0.15) is 0 Å². The third-order valence-corrected chi connectivity index (χ3v) is 3.76. The van der Waals surface area contributed by atoms with E-state index in [1.54, 1.807) is 12.4 Å². The highest BCUT2D eigenvalue weighted by Crippen LogP contribution is 2.22. The highest BCUT2D eigenvalue weighted by molar-refractivity contribution is 6.30. The minimum atomic E-state index is -0.000683. The maximum Gasteiger partial charge on any atom is 0.224 e. The Hall–Kier alpha value is -2.39. The van der Waals surface area contributed by atoms with Crippen LogP contribution in [-0.2, 0) is 11.2 Å². The van der Waals surface area contributed by atoms with Gasteiger partial charge in [0.2, 0.25) is 5.91 Å². The van der Waals surface area contributed by atoms with Crippen molar-refractivity contribution in [1.29, 1.82) is 0 Å². The lowest BCUT2D eigenvalue weighted by Crippen LogP contribution is -2.12. The SMILES string of the molecule is O=C(CCc1ccc(Cl)cc1)Nc1cccc2cnccc12. The molecule has 1 N–H and O–H groups in total. The van der Waals surface area contributed by atoms with Crippen LogP contribution in [0.4, 0.5) is 5.69 Å². The molecule has 0 saturated heterocycles. The number of hydrogen-bond acceptors (Lipinski definition) is 2. The number of carbonyl (C=O) groups excluding carboxylic acids is 1. The monoisotopic (exact) mass is 310 g/mol. The molecule has 0 radical (unpaired) electrons. The van der Waals surface area contributed by atoms with E-state index in [0.29, 0.717) is 17.9 Å². The van der Waals surface area contributed by atoms with Crippen LogP contribution in [0.1, 0.15) is 12.0 Å². The Morgan fingerprint density at radius 2 is 1.91 bits per heavy atom. The number of amides is 1. The maximum atomic E-state index is 12.1. The molecule has 0 aliphatic rings. The summed E-state index contributed by atoms with van der Waals surface area (Å²) in [6.45, 7) is 0. The standard InChI is InChI=1S/C18H15ClN2O/c19-15-7-4-13(5-8-15)6-9-18(22)21-17-3-1-2-14-12-20-11-10-16(14)17/h1-5,7-8,10-12H,6,9H2,(H,21,22). The minimum Gasteiger partial charge on any atom is -0.326 e. The first kappa shape index (κ1) is 14.5. The minimum absolute atomic E-state index is 0.000683. The largest absolute Gasteiger partial charge is 0.326 e. The van der Waals surface area contributed by atoms with Gasteiger partial charge in [-0.3, -0.25) is 9.78 Å². The number of hydrogen-bond donors (Lipinski definition) is 1. The molecule has 22 heavy (non-hydrogen) atoms. The van der Waals surface area contributed by atoms with E-state index in [1.807, 2.05) is 48.5 Å². The lowest BCUT2D eigenvalue weighted by molar-refractivity contribution is -0.116. The van der Waals surface area contributed by atoms with Crippen molar-refractivity contribution in [3.05, 3.63) is 71.5 Å². The van der Waals surface area contributed by atoms with Gasteiger partial charge in [0.05, 0.1) is 0 Å². The molecule has 0 spiro atoms. The summed E-state index contributed by atoms with van der Waals surface area (Å²) in [6, 6.07) is 15.3. The second-order valence-electron chi connectivity index (χ2n) is 5.08. The average Bonchev–Trinajstić information content (AvgIpc) is 2.55. The lowest BCUT2D eigenvalue weighted by atomic mass is 10.1. The summed E-state index contributed by atoms with van der Waals surface area (Å²) >= 11 is 5.85. The van der Waals surface area contributed by atoms with Gasteiger partial charge in [-0.25, -0.2) is 0 Å². The number of aromatic nitrogens is 1. The van der Waals surface area contributed by atoms with Crippen LogP contribution in [0.25, 0.3) is 10.8 Å². The van der Waals surface area contributed by atoms with Crippen LogP contribution < -0.4 is 5.32 Å². The number of anilines is 1. The molecule has 110 valence electrons. The van der Waals surface area contributed by atoms with E-state index in [1.165, 1.54) is 0 Å². The van der Waals surface area contributed by atoms with Gasteiger partial charge in [0.1, 0.15) is 0 Å². The highest BCUT2D eigenvalue weighted by atomic mass is 35.5. The van der Waals surface area contributed by atoms with E-state index in [4.69, 9.17) is 11.6 Å². The van der Waals surface area contributed by atoms with Crippen LogP contribution in [0.15, 0.2) is 60.9 Å². The van der Waals surface area contributed by atoms with Crippen LogP contribution >= 0.6 is 11.6 Å². The number of nitrogens with one attached hydrogen (secondary N) is 1. The summed E-state index contributed by atoms with van der Waals surface area (Å²) < 4.78 is 0. The summed E-state index contributed by atoms with van der Waals surface area (Å²) in [6.07, 6.45) is 4.64. The number of halogens is 1. The smallest absolute Gasteiger partial charge is 0.224 e. The van der Waals surface area contributed by atoms with Crippen LogP contribution in [0.3, 0.4) is 0 Å². The first-order valence-electron chi connectivity index (χ1n) is 7.09. The van der Waals surface area contributed by atoms with Gasteiger partial charge < -0.3 is 5.32 Å². The molecule has 3 nitrogen and oxygen atoms in total. The Labute approximate surface area is 133 Å². The van der Waals surface area contributed by atoms with Crippen molar-refractivity contribution >= 4 is 34.0 Å². The van der Waals surface area contributed by atoms with Crippen LogP contribution in [0.2, 0.25) is 5.02 Å². The number of fused-ring (bicyclic) bond motifs is 1. The Morgan fingerprint density at radius 3 is 2.73 bits per heavy atom. The fourth-order valence-electron chi connectivity index (χ4n) is 2.35. The number of pyridine rings is 1. The molecule has 0 saturated carbocycles. The molecule has 3 aromatic rings. The third-order valence-electron chi connectivity index (χ3n) is 3.51. The Balaban J connectivity index is 1.67. The zero-order valence-electron chi connectivity index (χ0n) is 11.9. The van der Waals surface area contributed by atoms with Crippen LogP contribution in [0.5, 0.6) is 0 Å². The Morgan fingerprint density at radius 1 is 1.09 bits per heavy atom.